The Labute approximate surface area is 243 Å². The predicted octanol–water partition coefficient (Wildman–Crippen LogP) is -0.162. The Hall–Kier alpha value is -4.21. The van der Waals surface area contributed by atoms with Crippen molar-refractivity contribution in [1.29, 1.82) is 0 Å². The maximum absolute atomic E-state index is 13.5. The third kappa shape index (κ3) is 4.96. The molecule has 2 aromatic rings. The summed E-state index contributed by atoms with van der Waals surface area (Å²) in [5.74, 6) is -7.39. The van der Waals surface area contributed by atoms with E-state index in [1.165, 1.54) is 25.1 Å². The van der Waals surface area contributed by atoms with Gasteiger partial charge in [0.05, 0.1) is 35.0 Å². The van der Waals surface area contributed by atoms with Gasteiger partial charge in [-0.05, 0) is 13.0 Å². The lowest BCUT2D eigenvalue weighted by molar-refractivity contribution is -0.247. The molecule has 1 aliphatic heterocycles. The van der Waals surface area contributed by atoms with Crippen molar-refractivity contribution in [2.24, 2.45) is 5.73 Å². The molecular weight excluding hydrogens is 570 g/mol. The molecule has 0 saturated carbocycles. The van der Waals surface area contributed by atoms with E-state index in [0.717, 1.165) is 6.92 Å². The van der Waals surface area contributed by atoms with Crippen LogP contribution in [0.25, 0.3) is 0 Å². The number of benzene rings is 2. The molecule has 5 rings (SSSR count). The molecule has 0 aromatic heterocycles. The third-order valence-corrected chi connectivity index (χ3v) is 8.08. The molecule has 7 N–H and O–H groups in total. The second-order valence-electron chi connectivity index (χ2n) is 11.0. The van der Waals surface area contributed by atoms with Crippen LogP contribution in [0.2, 0.25) is 0 Å². The van der Waals surface area contributed by atoms with E-state index in [-0.39, 0.29) is 28.7 Å². The Morgan fingerprint density at radius 1 is 1.07 bits per heavy atom. The Morgan fingerprint density at radius 3 is 2.40 bits per heavy atom. The number of Topliss-reactive ketones (excluding diaryl/α,β-unsaturated/α-hetero) is 2. The van der Waals surface area contributed by atoms with E-state index >= 15 is 0 Å². The molecule has 14 nitrogen and oxygen atoms in total. The fraction of sp³-hybridized carbons (Fsp3) is 0.414. The first-order valence-electron chi connectivity index (χ1n) is 13.4. The van der Waals surface area contributed by atoms with Crippen LogP contribution in [-0.4, -0.2) is 91.4 Å². The topological polar surface area (TPSA) is 240 Å². The minimum atomic E-state index is -2.42. The Morgan fingerprint density at radius 2 is 1.74 bits per heavy atom. The van der Waals surface area contributed by atoms with Crippen molar-refractivity contribution < 1.29 is 63.7 Å². The van der Waals surface area contributed by atoms with Gasteiger partial charge in [0.25, 0.3) is 0 Å². The Kier molecular flexibility index (Phi) is 7.61. The summed E-state index contributed by atoms with van der Waals surface area (Å²) in [6.07, 6.45) is -5.85. The first-order chi connectivity index (χ1) is 20.2. The van der Waals surface area contributed by atoms with Crippen LogP contribution >= 0.6 is 0 Å². The fourth-order valence-electron chi connectivity index (χ4n) is 5.81. The number of hydrogen-bond acceptors (Lipinski definition) is 14. The Balaban J connectivity index is 1.63. The van der Waals surface area contributed by atoms with Crippen LogP contribution in [0.4, 0.5) is 0 Å². The number of esters is 1. The summed E-state index contributed by atoms with van der Waals surface area (Å²) in [7, 11) is 0. The number of nitrogens with two attached hydrogens (primary N) is 1. The summed E-state index contributed by atoms with van der Waals surface area (Å²) in [6, 6.07) is 2.95. The van der Waals surface area contributed by atoms with Crippen molar-refractivity contribution in [3.8, 4) is 17.2 Å². The molecule has 1 heterocycles. The number of hydrogen-bond donors (Lipinski definition) is 6. The summed E-state index contributed by atoms with van der Waals surface area (Å²) in [6.45, 7) is 1.44. The molecule has 3 aliphatic rings. The van der Waals surface area contributed by atoms with Crippen LogP contribution in [0.3, 0.4) is 0 Å². The van der Waals surface area contributed by atoms with Crippen LogP contribution in [0.1, 0.15) is 75.8 Å². The number of ketones is 4. The molecule has 0 amide bonds. The molecular formula is C29H29NO13. The number of fused-ring (bicyclic) bond motifs is 3. The molecule has 2 aromatic carbocycles. The van der Waals surface area contributed by atoms with Gasteiger partial charge in [0.2, 0.25) is 17.3 Å². The smallest absolute Gasteiger partial charge is 0.374 e. The number of phenols is 3. The van der Waals surface area contributed by atoms with Gasteiger partial charge in [-0.15, -0.1) is 0 Å². The Bertz CT molecular complexity index is 1570. The largest absolute Gasteiger partial charge is 0.507 e. The highest BCUT2D eigenvalue weighted by atomic mass is 16.7. The molecule has 0 spiro atoms. The molecule has 14 heteroatoms. The number of ether oxygens (including phenoxy) is 3. The quantitative estimate of drug-likeness (QED) is 0.123. The van der Waals surface area contributed by atoms with Gasteiger partial charge >= 0.3 is 5.97 Å². The zero-order valence-corrected chi connectivity index (χ0v) is 23.0. The van der Waals surface area contributed by atoms with Crippen molar-refractivity contribution in [3.05, 3.63) is 51.6 Å². The second kappa shape index (κ2) is 10.8. The lowest BCUT2D eigenvalue weighted by atomic mass is 9.72. The van der Waals surface area contributed by atoms with E-state index in [0.29, 0.717) is 0 Å². The van der Waals surface area contributed by atoms with Crippen LogP contribution in [0.15, 0.2) is 18.2 Å². The molecule has 1 unspecified atom stereocenters. The minimum Gasteiger partial charge on any atom is -0.507 e. The van der Waals surface area contributed by atoms with Crippen molar-refractivity contribution in [1.82, 2.24) is 0 Å². The molecule has 228 valence electrons. The average Bonchev–Trinajstić information content (AvgIpc) is 2.94. The normalized spacial score (nSPS) is 28.0. The highest BCUT2D eigenvalue weighted by Gasteiger charge is 2.50. The molecule has 1 fully saturated rings. The van der Waals surface area contributed by atoms with Gasteiger partial charge in [-0.3, -0.25) is 19.2 Å². The predicted molar refractivity (Wildman–Crippen MR) is 141 cm³/mol. The SMILES string of the molecule is CC(=O)C(=O)OCC(=O)[C@]1(O)Cc2c(O)c3c(c(O)c2[C@@H](O[C@H]2C[C@H](N)C(O)[C@H](C)O2)C1)C(=O)c1c(O)cccc1C3=O. The first kappa shape index (κ1) is 30.3. The van der Waals surface area contributed by atoms with Gasteiger partial charge in [-0.1, -0.05) is 12.1 Å². The van der Waals surface area contributed by atoms with Crippen LogP contribution in [-0.2, 0) is 35.0 Å². The molecule has 1 saturated heterocycles. The summed E-state index contributed by atoms with van der Waals surface area (Å²) >= 11 is 0. The van der Waals surface area contributed by atoms with Crippen molar-refractivity contribution in [2.45, 2.75) is 69.4 Å². The van der Waals surface area contributed by atoms with Gasteiger partial charge in [0.15, 0.2) is 18.7 Å². The number of aromatic hydroxyl groups is 3. The molecule has 6 atom stereocenters. The van der Waals surface area contributed by atoms with E-state index in [9.17, 15) is 49.5 Å². The first-order valence-corrected chi connectivity index (χ1v) is 13.4. The van der Waals surface area contributed by atoms with Crippen LogP contribution in [0, 0.1) is 0 Å². The van der Waals surface area contributed by atoms with Crippen molar-refractivity contribution >= 4 is 29.1 Å². The van der Waals surface area contributed by atoms with Gasteiger partial charge in [0, 0.05) is 48.9 Å². The van der Waals surface area contributed by atoms with E-state index in [1.54, 1.807) is 0 Å². The number of aliphatic hydroxyl groups is 2. The van der Waals surface area contributed by atoms with Gasteiger partial charge in [-0.25, -0.2) is 4.79 Å². The van der Waals surface area contributed by atoms with E-state index in [4.69, 9.17) is 15.2 Å². The maximum Gasteiger partial charge on any atom is 0.374 e. The highest BCUT2D eigenvalue weighted by Crippen LogP contribution is 2.52. The molecule has 0 bridgehead atoms. The molecule has 43 heavy (non-hydrogen) atoms. The van der Waals surface area contributed by atoms with Gasteiger partial charge < -0.3 is 45.5 Å². The van der Waals surface area contributed by atoms with Crippen molar-refractivity contribution in [3.63, 3.8) is 0 Å². The summed E-state index contributed by atoms with van der Waals surface area (Å²) < 4.78 is 16.4. The number of carbonyl (C=O) groups excluding carboxylic acids is 5. The van der Waals surface area contributed by atoms with E-state index in [2.05, 4.69) is 4.74 Å². The minimum absolute atomic E-state index is 0.0592. The van der Waals surface area contributed by atoms with Crippen molar-refractivity contribution in [2.75, 3.05) is 6.61 Å². The fourth-order valence-corrected chi connectivity index (χ4v) is 5.81. The summed E-state index contributed by atoms with van der Waals surface area (Å²) in [4.78, 5) is 63.1. The highest BCUT2D eigenvalue weighted by molar-refractivity contribution is 6.33. The second-order valence-corrected chi connectivity index (χ2v) is 11.0. The zero-order valence-electron chi connectivity index (χ0n) is 23.0. The summed E-state index contributed by atoms with van der Waals surface area (Å²) in [5, 5.41) is 54.9. The van der Waals surface area contributed by atoms with Gasteiger partial charge in [-0.2, -0.15) is 0 Å². The van der Waals surface area contributed by atoms with E-state index < -0.39 is 113 Å². The lowest BCUT2D eigenvalue weighted by Crippen LogP contribution is -2.53. The van der Waals surface area contributed by atoms with Crippen LogP contribution in [0.5, 0.6) is 17.2 Å². The maximum atomic E-state index is 13.5. The lowest BCUT2D eigenvalue weighted by Gasteiger charge is -2.42. The van der Waals surface area contributed by atoms with Crippen LogP contribution < -0.4 is 5.73 Å². The summed E-state index contributed by atoms with van der Waals surface area (Å²) in [5.41, 5.74) is 1.21. The average molecular weight is 600 g/mol. The number of aliphatic hydroxyl groups excluding tert-OH is 1. The standard InChI is InChI=1S/C29H29NO13/c1-10(31)28(39)41-9-17(33)29(40)7-13-20(16(8-29)43-18-6-14(30)23(34)11(2)42-18)27(38)22-21(25(13)36)24(35)12-4-3-5-15(32)19(12)26(22)37/h3-5,11,14,16,18,23,32,34,36,38,40H,6-9,30H2,1-2H3/t11-,14-,16-,18-,23?,29-/m0/s1. The zero-order chi connectivity index (χ0) is 31.5. The van der Waals surface area contributed by atoms with E-state index in [1.807, 2.05) is 0 Å². The third-order valence-electron chi connectivity index (χ3n) is 8.08. The monoisotopic (exact) mass is 599 g/mol. The molecule has 0 radical (unpaired) electrons. The molecule has 2 aliphatic carbocycles. The number of phenolic OH excluding ortho intramolecular Hbond substituents is 3. The number of rotatable bonds is 6. The number of carbonyl (C=O) groups is 5. The van der Waals surface area contributed by atoms with Gasteiger partial charge in [0.1, 0.15) is 22.8 Å².